The minimum Gasteiger partial charge on any atom is -0.254 e. The summed E-state index contributed by atoms with van der Waals surface area (Å²) in [5.41, 5.74) is 14.8. The Morgan fingerprint density at radius 2 is 0.553 bits per heavy atom. The highest BCUT2D eigenvalue weighted by molar-refractivity contribution is 6.31. The van der Waals surface area contributed by atoms with Crippen molar-refractivity contribution in [1.82, 2.24) is 19.9 Å². The van der Waals surface area contributed by atoms with Crippen LogP contribution >= 0.6 is 0 Å². The van der Waals surface area contributed by atoms with E-state index in [0.717, 1.165) is 88.0 Å². The minimum absolute atomic E-state index is 0.885. The summed E-state index contributed by atoms with van der Waals surface area (Å²) in [7, 11) is 0. The SMILES string of the molecule is c1cnc2c(c1)ccc1ccc(-c3c4ccccc4c(-c4ccc5c(c4)c4ccccc4c4ccc(-c6cc7ccc(-c8ccc9ccc%10c(-c%11ccc%12c%13ccccc%13c%13ccccc%13c%12c%11)ccc%11ccc8c9c%11%10)nc7c7ncccc67)cc45)c4ccccc34)nc12. The first-order valence-electron chi connectivity index (χ1n) is 32.3. The second kappa shape index (κ2) is 19.5. The molecule has 4 heteroatoms. The largest absolute Gasteiger partial charge is 0.254 e. The molecule has 21 aromatic rings. The molecule has 0 atom stereocenters. The Kier molecular flexibility index (Phi) is 10.6. The van der Waals surface area contributed by atoms with Gasteiger partial charge in [-0.2, -0.15) is 0 Å². The molecule has 4 aromatic heterocycles. The molecule has 0 spiro atoms. The quantitative estimate of drug-likeness (QED) is 0.127. The third-order valence-electron chi connectivity index (χ3n) is 20.6. The van der Waals surface area contributed by atoms with Crippen molar-refractivity contribution in [3.05, 3.63) is 304 Å². The summed E-state index contributed by atoms with van der Waals surface area (Å²) in [6.45, 7) is 0. The maximum absolute atomic E-state index is 5.60. The van der Waals surface area contributed by atoms with Crippen LogP contribution in [0.5, 0.6) is 0 Å². The highest BCUT2D eigenvalue weighted by Gasteiger charge is 2.23. The Bertz CT molecular complexity index is 6830. The van der Waals surface area contributed by atoms with Crippen LogP contribution < -0.4 is 0 Å². The molecule has 0 aliphatic carbocycles. The highest BCUT2D eigenvalue weighted by Crippen LogP contribution is 2.49. The first kappa shape index (κ1) is 51.3. The molecule has 0 fully saturated rings. The maximum atomic E-state index is 5.60. The van der Waals surface area contributed by atoms with Crippen molar-refractivity contribution >= 4 is 162 Å². The van der Waals surface area contributed by atoms with Gasteiger partial charge in [-0.25, -0.2) is 9.97 Å². The number of hydrogen-bond acceptors (Lipinski definition) is 4. The van der Waals surface area contributed by atoms with Crippen molar-refractivity contribution in [2.75, 3.05) is 0 Å². The minimum atomic E-state index is 0.885. The van der Waals surface area contributed by atoms with Gasteiger partial charge in [-0.15, -0.1) is 0 Å². The first-order chi connectivity index (χ1) is 46.6. The summed E-state index contributed by atoms with van der Waals surface area (Å²) in [4.78, 5) is 21.0. The van der Waals surface area contributed by atoms with Crippen molar-refractivity contribution in [3.8, 4) is 55.9 Å². The zero-order valence-electron chi connectivity index (χ0n) is 50.7. The number of benzene rings is 17. The molecule has 0 aliphatic rings. The van der Waals surface area contributed by atoms with Gasteiger partial charge in [0.1, 0.15) is 0 Å². The zero-order chi connectivity index (χ0) is 61.3. The Morgan fingerprint density at radius 1 is 0.181 bits per heavy atom. The van der Waals surface area contributed by atoms with E-state index in [0.29, 0.717) is 0 Å². The molecule has 17 aromatic carbocycles. The van der Waals surface area contributed by atoms with Crippen LogP contribution in [-0.2, 0) is 0 Å². The fourth-order valence-electron chi connectivity index (χ4n) is 16.4. The number of nitrogens with zero attached hydrogens (tertiary/aromatic N) is 4. The van der Waals surface area contributed by atoms with Gasteiger partial charge < -0.3 is 0 Å². The summed E-state index contributed by atoms with van der Waals surface area (Å²) in [5, 5.41) is 31.4. The van der Waals surface area contributed by atoms with Gasteiger partial charge in [0, 0.05) is 45.1 Å². The van der Waals surface area contributed by atoms with E-state index in [1.54, 1.807) is 0 Å². The normalized spacial score (nSPS) is 12.3. The molecule has 0 aliphatic heterocycles. The van der Waals surface area contributed by atoms with Gasteiger partial charge >= 0.3 is 0 Å². The molecule has 0 unspecified atom stereocenters. The van der Waals surface area contributed by atoms with Gasteiger partial charge in [0.05, 0.1) is 33.5 Å². The summed E-state index contributed by atoms with van der Waals surface area (Å²) >= 11 is 0. The lowest BCUT2D eigenvalue weighted by molar-refractivity contribution is 1.37. The molecule has 0 bridgehead atoms. The fraction of sp³-hybridized carbons (Fsp3) is 0. The summed E-state index contributed by atoms with van der Waals surface area (Å²) in [6, 6.07) is 108. The number of hydrogen-bond donors (Lipinski definition) is 0. The molecule has 21 rings (SSSR count). The molecule has 0 amide bonds. The van der Waals surface area contributed by atoms with Crippen molar-refractivity contribution in [2.45, 2.75) is 0 Å². The molecule has 430 valence electrons. The highest BCUT2D eigenvalue weighted by atomic mass is 14.8. The van der Waals surface area contributed by atoms with Crippen LogP contribution in [0.4, 0.5) is 0 Å². The number of pyridine rings is 4. The molecule has 94 heavy (non-hydrogen) atoms. The van der Waals surface area contributed by atoms with Gasteiger partial charge in [-0.05, 0) is 200 Å². The molecule has 0 saturated carbocycles. The molecule has 0 N–H and O–H groups in total. The molecule has 0 saturated heterocycles. The summed E-state index contributed by atoms with van der Waals surface area (Å²) in [5.74, 6) is 0. The van der Waals surface area contributed by atoms with Crippen LogP contribution in [0.1, 0.15) is 0 Å². The van der Waals surface area contributed by atoms with Gasteiger partial charge in [0.15, 0.2) is 0 Å². The van der Waals surface area contributed by atoms with Gasteiger partial charge in [-0.1, -0.05) is 243 Å². The lowest BCUT2D eigenvalue weighted by Gasteiger charge is -2.19. The average Bonchev–Trinajstić information content (AvgIpc) is 0.734. The molecular formula is C90H50N4. The fourth-order valence-corrected chi connectivity index (χ4v) is 16.4. The first-order valence-corrected chi connectivity index (χ1v) is 32.3. The lowest BCUT2D eigenvalue weighted by Crippen LogP contribution is -1.94. The predicted molar refractivity (Wildman–Crippen MR) is 399 cm³/mol. The third kappa shape index (κ3) is 7.33. The molecule has 4 heterocycles. The van der Waals surface area contributed by atoms with E-state index in [1.165, 1.54) is 130 Å². The van der Waals surface area contributed by atoms with Crippen LogP contribution in [0.3, 0.4) is 0 Å². The number of aromatic nitrogens is 4. The van der Waals surface area contributed by atoms with E-state index < -0.39 is 0 Å². The van der Waals surface area contributed by atoms with Crippen molar-refractivity contribution < 1.29 is 0 Å². The van der Waals surface area contributed by atoms with Crippen LogP contribution in [0.25, 0.3) is 218 Å². The van der Waals surface area contributed by atoms with E-state index in [-0.39, 0.29) is 0 Å². The van der Waals surface area contributed by atoms with Gasteiger partial charge in [0.2, 0.25) is 0 Å². The number of fused-ring (bicyclic) bond motifs is 20. The number of rotatable bonds is 5. The van der Waals surface area contributed by atoms with E-state index in [4.69, 9.17) is 19.9 Å². The topological polar surface area (TPSA) is 51.6 Å². The van der Waals surface area contributed by atoms with Crippen LogP contribution in [0.2, 0.25) is 0 Å². The third-order valence-corrected chi connectivity index (χ3v) is 20.6. The Hall–Kier alpha value is -12.5. The molecular weight excluding hydrogens is 1140 g/mol. The van der Waals surface area contributed by atoms with Crippen molar-refractivity contribution in [1.29, 1.82) is 0 Å². The van der Waals surface area contributed by atoms with E-state index in [1.807, 2.05) is 18.5 Å². The summed E-state index contributed by atoms with van der Waals surface area (Å²) < 4.78 is 0. The predicted octanol–water partition coefficient (Wildman–Crippen LogP) is 24.3. The molecule has 4 nitrogen and oxygen atoms in total. The van der Waals surface area contributed by atoms with Gasteiger partial charge in [0.25, 0.3) is 0 Å². The average molecular weight is 1190 g/mol. The van der Waals surface area contributed by atoms with Crippen LogP contribution in [0.15, 0.2) is 304 Å². The standard InChI is InChI=1S/C90H50N4/c1-2-16-62-60(14-1)61-15-3-5-18-64(61)78-47-55(31-37-66(62)78)59-36-27-51-30-42-75-69(40-28-52-29-41-74(59)84(51)85(52)75)81-43-35-58-50-77(76-24-12-46-92-90(76)89(58)93-81)56-32-38-67-63-17-4-6-19-65(63)80-49-57(33-39-68(80)79(67)48-56)83-70-20-7-9-22-72(70)86(73-23-10-8-21-71(73)83)82-44-34-54-26-25-53-13-11-45-91-87(53)88(54)94-82/h1-50H. The zero-order valence-corrected chi connectivity index (χ0v) is 50.7. The van der Waals surface area contributed by atoms with Gasteiger partial charge in [-0.3, -0.25) is 9.97 Å². The van der Waals surface area contributed by atoms with Crippen LogP contribution in [-0.4, -0.2) is 19.9 Å². The van der Waals surface area contributed by atoms with Crippen molar-refractivity contribution in [3.63, 3.8) is 0 Å². The Morgan fingerprint density at radius 3 is 1.16 bits per heavy atom. The van der Waals surface area contributed by atoms with E-state index in [9.17, 15) is 0 Å². The monoisotopic (exact) mass is 1190 g/mol. The van der Waals surface area contributed by atoms with Crippen molar-refractivity contribution in [2.24, 2.45) is 0 Å². The Labute approximate surface area is 538 Å². The summed E-state index contributed by atoms with van der Waals surface area (Å²) in [6.07, 6.45) is 3.77. The second-order valence-electron chi connectivity index (χ2n) is 25.4. The van der Waals surface area contributed by atoms with E-state index >= 15 is 0 Å². The smallest absolute Gasteiger partial charge is 0.0972 e. The van der Waals surface area contributed by atoms with E-state index in [2.05, 4.69) is 285 Å². The van der Waals surface area contributed by atoms with Crippen LogP contribution in [0, 0.1) is 0 Å². The maximum Gasteiger partial charge on any atom is 0.0972 e. The molecule has 0 radical (unpaired) electrons. The lowest BCUT2D eigenvalue weighted by atomic mass is 9.85. The Balaban J connectivity index is 0.693. The second-order valence-corrected chi connectivity index (χ2v) is 25.4.